The number of carbonyl (C=O) groups excluding carboxylic acids is 1. The Hall–Kier alpha value is -2.90. The summed E-state index contributed by atoms with van der Waals surface area (Å²) in [6, 6.07) is 13.7. The van der Waals surface area contributed by atoms with Gasteiger partial charge in [-0.25, -0.2) is 13.6 Å². The fraction of sp³-hybridized carbons (Fsp3) is 0.227. The molecule has 3 rings (SSSR count). The van der Waals surface area contributed by atoms with Gasteiger partial charge < -0.3 is 9.32 Å². The Morgan fingerprint density at radius 1 is 1.17 bits per heavy atom. The number of nitrogens with zero attached hydrogens (tertiary/aromatic N) is 1. The number of aryl methyl sites for hydroxylation is 1. The van der Waals surface area contributed by atoms with Crippen molar-refractivity contribution in [2.24, 2.45) is 5.14 Å². The maximum atomic E-state index is 12.7. The minimum absolute atomic E-state index is 0.0428. The van der Waals surface area contributed by atoms with Gasteiger partial charge >= 0.3 is 0 Å². The topological polar surface area (TPSA) is 93.6 Å². The van der Waals surface area contributed by atoms with Gasteiger partial charge in [0.1, 0.15) is 11.3 Å². The van der Waals surface area contributed by atoms with E-state index in [9.17, 15) is 13.2 Å². The molecule has 0 bridgehead atoms. The second kappa shape index (κ2) is 8.23. The van der Waals surface area contributed by atoms with Crippen LogP contribution >= 0.6 is 0 Å². The van der Waals surface area contributed by atoms with Crippen LogP contribution in [0.2, 0.25) is 0 Å². The molecule has 1 unspecified atom stereocenters. The van der Waals surface area contributed by atoms with Crippen molar-refractivity contribution in [2.45, 2.75) is 31.2 Å². The highest BCUT2D eigenvalue weighted by atomic mass is 32.2. The van der Waals surface area contributed by atoms with E-state index in [1.165, 1.54) is 18.2 Å². The van der Waals surface area contributed by atoms with Crippen molar-refractivity contribution in [1.29, 1.82) is 0 Å². The van der Waals surface area contributed by atoms with E-state index in [1.54, 1.807) is 30.2 Å². The summed E-state index contributed by atoms with van der Waals surface area (Å²) >= 11 is 0. The first-order chi connectivity index (χ1) is 13.7. The highest BCUT2D eigenvalue weighted by Gasteiger charge is 2.17. The number of para-hydroxylation sites is 1. The van der Waals surface area contributed by atoms with Crippen LogP contribution in [0.3, 0.4) is 0 Å². The summed E-state index contributed by atoms with van der Waals surface area (Å²) < 4.78 is 28.7. The summed E-state index contributed by atoms with van der Waals surface area (Å²) in [6.07, 6.45) is 4.05. The number of amides is 1. The molecule has 0 spiro atoms. The van der Waals surface area contributed by atoms with E-state index in [4.69, 9.17) is 9.56 Å². The molecule has 6 nitrogen and oxygen atoms in total. The standard InChI is InChI=1S/C22H24N2O4S/c1-4-20-19(18-7-5-6-8-21(18)28-20)13-14-22(25)24(3)15(2)16-9-11-17(12-10-16)29(23,26)27/h5-15H,4H2,1-3H3,(H2,23,26,27)/b14-13+. The molecule has 3 aromatic rings. The van der Waals surface area contributed by atoms with Crippen LogP contribution in [0.15, 0.2) is 63.9 Å². The van der Waals surface area contributed by atoms with Crippen LogP contribution in [0.1, 0.15) is 36.8 Å². The molecule has 152 valence electrons. The lowest BCUT2D eigenvalue weighted by atomic mass is 10.1. The number of likely N-dealkylation sites (N-methyl/N-ethyl adjacent to an activating group) is 1. The van der Waals surface area contributed by atoms with Crippen LogP contribution in [0.4, 0.5) is 0 Å². The van der Waals surface area contributed by atoms with Crippen LogP contribution in [0.25, 0.3) is 17.0 Å². The lowest BCUT2D eigenvalue weighted by molar-refractivity contribution is -0.126. The molecule has 1 heterocycles. The Morgan fingerprint density at radius 2 is 1.83 bits per heavy atom. The number of hydrogen-bond donors (Lipinski definition) is 1. The molecular weight excluding hydrogens is 388 g/mol. The zero-order chi connectivity index (χ0) is 21.2. The molecule has 1 atom stereocenters. The van der Waals surface area contributed by atoms with Crippen molar-refractivity contribution in [3.8, 4) is 0 Å². The number of sulfonamides is 1. The molecule has 7 heteroatoms. The Bertz CT molecular complexity index is 1160. The van der Waals surface area contributed by atoms with Gasteiger partial charge in [-0.2, -0.15) is 0 Å². The molecule has 0 radical (unpaired) electrons. The lowest BCUT2D eigenvalue weighted by Crippen LogP contribution is -2.28. The van der Waals surface area contributed by atoms with Gasteiger partial charge in [-0.15, -0.1) is 0 Å². The van der Waals surface area contributed by atoms with Gasteiger partial charge in [0, 0.05) is 30.5 Å². The van der Waals surface area contributed by atoms with Crippen molar-refractivity contribution < 1.29 is 17.6 Å². The van der Waals surface area contributed by atoms with E-state index >= 15 is 0 Å². The molecule has 1 amide bonds. The molecule has 29 heavy (non-hydrogen) atoms. The van der Waals surface area contributed by atoms with Crippen molar-refractivity contribution in [3.05, 3.63) is 71.5 Å². The van der Waals surface area contributed by atoms with Crippen molar-refractivity contribution in [2.75, 3.05) is 7.05 Å². The monoisotopic (exact) mass is 412 g/mol. The van der Waals surface area contributed by atoms with Gasteiger partial charge in [0.05, 0.1) is 10.9 Å². The quantitative estimate of drug-likeness (QED) is 0.622. The summed E-state index contributed by atoms with van der Waals surface area (Å²) in [5.41, 5.74) is 2.52. The Morgan fingerprint density at radius 3 is 2.45 bits per heavy atom. The van der Waals surface area contributed by atoms with Gasteiger partial charge in [-0.1, -0.05) is 37.3 Å². The van der Waals surface area contributed by atoms with Gasteiger partial charge in [0.2, 0.25) is 15.9 Å². The molecule has 0 aliphatic carbocycles. The zero-order valence-corrected chi connectivity index (χ0v) is 17.4. The first-order valence-corrected chi connectivity index (χ1v) is 10.8. The SMILES string of the molecule is CCc1oc2ccccc2c1/C=C/C(=O)N(C)C(C)c1ccc(S(N)(=O)=O)cc1. The molecule has 0 aliphatic heterocycles. The number of carbonyl (C=O) groups is 1. The largest absolute Gasteiger partial charge is 0.460 e. The summed E-state index contributed by atoms with van der Waals surface area (Å²) in [4.78, 5) is 14.3. The van der Waals surface area contributed by atoms with Crippen LogP contribution in [-0.2, 0) is 21.2 Å². The highest BCUT2D eigenvalue weighted by molar-refractivity contribution is 7.89. The van der Waals surface area contributed by atoms with Crippen molar-refractivity contribution >= 4 is 33.0 Å². The Labute approximate surface area is 170 Å². The Kier molecular flexibility index (Phi) is 5.91. The number of nitrogens with two attached hydrogens (primary N) is 1. The minimum Gasteiger partial charge on any atom is -0.460 e. The van der Waals surface area contributed by atoms with Gasteiger partial charge in [0.15, 0.2) is 0 Å². The van der Waals surface area contributed by atoms with Crippen molar-refractivity contribution in [1.82, 2.24) is 4.90 Å². The van der Waals surface area contributed by atoms with Crippen LogP contribution < -0.4 is 5.14 Å². The molecule has 1 aromatic heterocycles. The van der Waals surface area contributed by atoms with Crippen molar-refractivity contribution in [3.63, 3.8) is 0 Å². The lowest BCUT2D eigenvalue weighted by Gasteiger charge is -2.24. The predicted molar refractivity (Wildman–Crippen MR) is 114 cm³/mol. The molecule has 0 saturated carbocycles. The van der Waals surface area contributed by atoms with Crippen LogP contribution in [0.5, 0.6) is 0 Å². The average molecular weight is 413 g/mol. The van der Waals surface area contributed by atoms with Crippen LogP contribution in [-0.4, -0.2) is 26.3 Å². The van der Waals surface area contributed by atoms with E-state index < -0.39 is 10.0 Å². The summed E-state index contributed by atoms with van der Waals surface area (Å²) in [5.74, 6) is 0.671. The number of primary sulfonamides is 1. The molecule has 0 fully saturated rings. The Balaban J connectivity index is 1.80. The predicted octanol–water partition coefficient (Wildman–Crippen LogP) is 3.88. The van der Waals surface area contributed by atoms with E-state index in [1.807, 2.05) is 38.1 Å². The zero-order valence-electron chi connectivity index (χ0n) is 16.6. The third-order valence-electron chi connectivity index (χ3n) is 5.04. The fourth-order valence-electron chi connectivity index (χ4n) is 3.18. The summed E-state index contributed by atoms with van der Waals surface area (Å²) in [6.45, 7) is 3.89. The maximum Gasteiger partial charge on any atom is 0.246 e. The first-order valence-electron chi connectivity index (χ1n) is 9.30. The first kappa shape index (κ1) is 20.8. The van der Waals surface area contributed by atoms with E-state index in [0.29, 0.717) is 0 Å². The molecule has 0 aliphatic rings. The summed E-state index contributed by atoms with van der Waals surface area (Å²) in [5, 5.41) is 6.11. The third-order valence-corrected chi connectivity index (χ3v) is 5.97. The van der Waals surface area contributed by atoms with E-state index in [-0.39, 0.29) is 16.8 Å². The molecule has 0 saturated heterocycles. The third kappa shape index (κ3) is 4.41. The average Bonchev–Trinajstić information content (AvgIpc) is 3.08. The van der Waals surface area contributed by atoms with Gasteiger partial charge in [-0.3, -0.25) is 4.79 Å². The highest BCUT2D eigenvalue weighted by Crippen LogP contribution is 2.28. The smallest absolute Gasteiger partial charge is 0.246 e. The normalized spacial score (nSPS) is 13.1. The minimum atomic E-state index is -3.74. The number of fused-ring (bicyclic) bond motifs is 1. The number of furan rings is 1. The van der Waals surface area contributed by atoms with E-state index in [2.05, 4.69) is 0 Å². The number of rotatable bonds is 6. The molecule has 2 N–H and O–H groups in total. The summed E-state index contributed by atoms with van der Waals surface area (Å²) in [7, 11) is -2.03. The fourth-order valence-corrected chi connectivity index (χ4v) is 3.70. The van der Waals surface area contributed by atoms with Crippen LogP contribution in [0, 0.1) is 0 Å². The second-order valence-corrected chi connectivity index (χ2v) is 8.42. The second-order valence-electron chi connectivity index (χ2n) is 6.86. The number of benzene rings is 2. The molecular formula is C22H24N2O4S. The van der Waals surface area contributed by atoms with Gasteiger partial charge in [-0.05, 0) is 36.8 Å². The van der Waals surface area contributed by atoms with Gasteiger partial charge in [0.25, 0.3) is 0 Å². The molecule has 2 aromatic carbocycles. The van der Waals surface area contributed by atoms with E-state index in [0.717, 1.165) is 34.3 Å². The maximum absolute atomic E-state index is 12.7. The number of hydrogen-bond acceptors (Lipinski definition) is 4.